The van der Waals surface area contributed by atoms with Gasteiger partial charge in [0, 0.05) is 0 Å². The standard InChI is InChI=1S/C16H16/c1-2-8-13-12(7-1)14-9-3-5-11-6-4-10-15(13)16(11)14/h1-2,7-9,11H,3-6,10H2. The molecule has 0 bridgehead atoms. The first kappa shape index (κ1) is 8.81. The molecule has 0 saturated heterocycles. The molecule has 1 aromatic carbocycles. The van der Waals surface area contributed by atoms with E-state index in [-0.39, 0.29) is 0 Å². The lowest BCUT2D eigenvalue weighted by molar-refractivity contribution is 0.494. The minimum Gasteiger partial charge on any atom is -0.0763 e. The number of rotatable bonds is 0. The molecule has 3 aliphatic carbocycles. The van der Waals surface area contributed by atoms with Crippen LogP contribution in [-0.4, -0.2) is 0 Å². The van der Waals surface area contributed by atoms with Crippen molar-refractivity contribution in [1.29, 1.82) is 0 Å². The summed E-state index contributed by atoms with van der Waals surface area (Å²) in [4.78, 5) is 0. The zero-order valence-electron chi connectivity index (χ0n) is 9.50. The van der Waals surface area contributed by atoms with Gasteiger partial charge in [-0.15, -0.1) is 0 Å². The molecule has 0 heterocycles. The Balaban J connectivity index is 2.03. The first-order valence-electron chi connectivity index (χ1n) is 6.48. The van der Waals surface area contributed by atoms with E-state index in [0.717, 1.165) is 5.92 Å². The summed E-state index contributed by atoms with van der Waals surface area (Å²) < 4.78 is 0. The molecular weight excluding hydrogens is 192 g/mol. The number of benzene rings is 1. The molecule has 0 fully saturated rings. The number of hydrogen-bond acceptors (Lipinski definition) is 0. The van der Waals surface area contributed by atoms with Crippen LogP contribution in [0.15, 0.2) is 35.9 Å². The van der Waals surface area contributed by atoms with Gasteiger partial charge in [0.25, 0.3) is 0 Å². The van der Waals surface area contributed by atoms with Crippen molar-refractivity contribution in [3.05, 3.63) is 47.0 Å². The van der Waals surface area contributed by atoms with Crippen LogP contribution >= 0.6 is 0 Å². The minimum atomic E-state index is 0.871. The zero-order chi connectivity index (χ0) is 10.5. The third-order valence-corrected chi connectivity index (χ3v) is 4.41. The van der Waals surface area contributed by atoms with Gasteiger partial charge in [0.05, 0.1) is 0 Å². The zero-order valence-corrected chi connectivity index (χ0v) is 9.50. The molecule has 1 unspecified atom stereocenters. The average Bonchev–Trinajstić information content (AvgIpc) is 2.68. The quantitative estimate of drug-likeness (QED) is 0.591. The van der Waals surface area contributed by atoms with Crippen molar-refractivity contribution in [3.63, 3.8) is 0 Å². The Bertz CT molecular complexity index is 517. The van der Waals surface area contributed by atoms with Gasteiger partial charge in [0.2, 0.25) is 0 Å². The maximum Gasteiger partial charge on any atom is -0.0109 e. The SMILES string of the molecule is C1=C2C3=C(CCCC3CC1)c1ccccc12. The summed E-state index contributed by atoms with van der Waals surface area (Å²) in [6.07, 6.45) is 9.26. The van der Waals surface area contributed by atoms with E-state index >= 15 is 0 Å². The first-order chi connectivity index (χ1) is 7.95. The van der Waals surface area contributed by atoms with E-state index in [4.69, 9.17) is 0 Å². The molecule has 0 aliphatic heterocycles. The van der Waals surface area contributed by atoms with Crippen molar-refractivity contribution >= 4 is 11.1 Å². The van der Waals surface area contributed by atoms with E-state index in [1.54, 1.807) is 16.7 Å². The van der Waals surface area contributed by atoms with Crippen LogP contribution in [0, 0.1) is 5.92 Å². The number of allylic oxidation sites excluding steroid dienone is 4. The van der Waals surface area contributed by atoms with Crippen LogP contribution in [-0.2, 0) is 0 Å². The Morgan fingerprint density at radius 3 is 2.81 bits per heavy atom. The van der Waals surface area contributed by atoms with Gasteiger partial charge >= 0.3 is 0 Å². The molecule has 0 radical (unpaired) electrons. The maximum atomic E-state index is 2.48. The topological polar surface area (TPSA) is 0 Å². The third-order valence-electron chi connectivity index (χ3n) is 4.41. The second kappa shape index (κ2) is 3.10. The molecule has 0 N–H and O–H groups in total. The van der Waals surface area contributed by atoms with Crippen LogP contribution in [0.2, 0.25) is 0 Å². The third kappa shape index (κ3) is 1.000. The summed E-state index contributed by atoms with van der Waals surface area (Å²) in [7, 11) is 0. The van der Waals surface area contributed by atoms with Gasteiger partial charge in [0.1, 0.15) is 0 Å². The fourth-order valence-corrected chi connectivity index (χ4v) is 3.78. The molecule has 0 spiro atoms. The van der Waals surface area contributed by atoms with Crippen molar-refractivity contribution in [2.24, 2.45) is 5.92 Å². The van der Waals surface area contributed by atoms with E-state index in [1.165, 1.54) is 43.2 Å². The predicted octanol–water partition coefficient (Wildman–Crippen LogP) is 4.43. The molecular formula is C16H16. The predicted molar refractivity (Wildman–Crippen MR) is 67.9 cm³/mol. The van der Waals surface area contributed by atoms with E-state index in [1.807, 2.05) is 0 Å². The monoisotopic (exact) mass is 208 g/mol. The molecule has 4 rings (SSSR count). The van der Waals surface area contributed by atoms with Gasteiger partial charge < -0.3 is 0 Å². The van der Waals surface area contributed by atoms with Crippen LogP contribution in [0.4, 0.5) is 0 Å². The van der Waals surface area contributed by atoms with Crippen LogP contribution in [0.25, 0.3) is 11.1 Å². The van der Waals surface area contributed by atoms with Crippen molar-refractivity contribution < 1.29 is 0 Å². The minimum absolute atomic E-state index is 0.871. The molecule has 16 heavy (non-hydrogen) atoms. The Labute approximate surface area is 96.7 Å². The van der Waals surface area contributed by atoms with Crippen molar-refractivity contribution in [2.75, 3.05) is 0 Å². The van der Waals surface area contributed by atoms with Crippen LogP contribution in [0.5, 0.6) is 0 Å². The van der Waals surface area contributed by atoms with E-state index in [0.29, 0.717) is 0 Å². The van der Waals surface area contributed by atoms with Crippen molar-refractivity contribution in [3.8, 4) is 0 Å². The van der Waals surface area contributed by atoms with Crippen LogP contribution in [0.3, 0.4) is 0 Å². The highest BCUT2D eigenvalue weighted by molar-refractivity contribution is 6.01. The smallest absolute Gasteiger partial charge is 0.0109 e. The van der Waals surface area contributed by atoms with E-state index < -0.39 is 0 Å². The van der Waals surface area contributed by atoms with Gasteiger partial charge in [-0.05, 0) is 65.9 Å². The van der Waals surface area contributed by atoms with Crippen LogP contribution < -0.4 is 0 Å². The lowest BCUT2D eigenvalue weighted by Crippen LogP contribution is -2.12. The lowest BCUT2D eigenvalue weighted by Gasteiger charge is -2.28. The number of fused-ring (bicyclic) bond motifs is 3. The molecule has 1 atom stereocenters. The molecule has 0 heteroatoms. The normalized spacial score (nSPS) is 26.2. The summed E-state index contributed by atoms with van der Waals surface area (Å²) in [5.74, 6) is 0.871. The summed E-state index contributed by atoms with van der Waals surface area (Å²) in [6, 6.07) is 9.00. The summed E-state index contributed by atoms with van der Waals surface area (Å²) in [5, 5.41) is 0. The highest BCUT2D eigenvalue weighted by Gasteiger charge is 2.34. The molecule has 1 aromatic rings. The Morgan fingerprint density at radius 2 is 1.88 bits per heavy atom. The summed E-state index contributed by atoms with van der Waals surface area (Å²) >= 11 is 0. The Morgan fingerprint density at radius 1 is 1.00 bits per heavy atom. The largest absolute Gasteiger partial charge is 0.0763 e. The highest BCUT2D eigenvalue weighted by Crippen LogP contribution is 2.53. The van der Waals surface area contributed by atoms with Gasteiger partial charge in [-0.2, -0.15) is 0 Å². The van der Waals surface area contributed by atoms with Gasteiger partial charge in [-0.3, -0.25) is 0 Å². The highest BCUT2D eigenvalue weighted by atomic mass is 14.4. The fourth-order valence-electron chi connectivity index (χ4n) is 3.78. The average molecular weight is 208 g/mol. The van der Waals surface area contributed by atoms with Gasteiger partial charge in [-0.25, -0.2) is 0 Å². The molecule has 3 aliphatic rings. The molecule has 0 amide bonds. The Hall–Kier alpha value is -1.30. The molecule has 0 aromatic heterocycles. The second-order valence-electron chi connectivity index (χ2n) is 5.22. The fraction of sp³-hybridized carbons (Fsp3) is 0.375. The first-order valence-corrected chi connectivity index (χ1v) is 6.48. The Kier molecular flexibility index (Phi) is 1.71. The van der Waals surface area contributed by atoms with E-state index in [2.05, 4.69) is 30.3 Å². The molecule has 0 nitrogen and oxygen atoms in total. The van der Waals surface area contributed by atoms with Crippen molar-refractivity contribution in [2.45, 2.75) is 32.1 Å². The van der Waals surface area contributed by atoms with Gasteiger partial charge in [0.15, 0.2) is 0 Å². The van der Waals surface area contributed by atoms with Crippen molar-refractivity contribution in [1.82, 2.24) is 0 Å². The second-order valence-corrected chi connectivity index (χ2v) is 5.22. The molecule has 0 saturated carbocycles. The summed E-state index contributed by atoms with van der Waals surface area (Å²) in [6.45, 7) is 0. The number of hydrogen-bond donors (Lipinski definition) is 0. The lowest BCUT2D eigenvalue weighted by atomic mass is 9.76. The van der Waals surface area contributed by atoms with E-state index in [9.17, 15) is 0 Å². The van der Waals surface area contributed by atoms with Crippen LogP contribution in [0.1, 0.15) is 43.2 Å². The molecule has 80 valence electrons. The van der Waals surface area contributed by atoms with Gasteiger partial charge in [-0.1, -0.05) is 30.3 Å². The maximum absolute atomic E-state index is 2.48. The summed E-state index contributed by atoms with van der Waals surface area (Å²) in [5.41, 5.74) is 8.03.